The van der Waals surface area contributed by atoms with Gasteiger partial charge in [-0.15, -0.1) is 0 Å². The lowest BCUT2D eigenvalue weighted by Gasteiger charge is -2.06. The fraction of sp³-hybridized carbons (Fsp3) is 0.111. The maximum absolute atomic E-state index is 12.3. The number of non-ortho nitro benzene ring substituents is 1. The zero-order chi connectivity index (χ0) is 19.1. The van der Waals surface area contributed by atoms with Crippen LogP contribution in [0.4, 0.5) is 11.4 Å². The number of nitro groups is 1. The topological polar surface area (TPSA) is 105 Å². The van der Waals surface area contributed by atoms with Gasteiger partial charge in [0.1, 0.15) is 17.4 Å². The molecule has 0 aromatic heterocycles. The number of anilines is 1. The highest BCUT2D eigenvalue weighted by Gasteiger charge is 2.12. The molecule has 0 aliphatic carbocycles. The van der Waals surface area contributed by atoms with Gasteiger partial charge in [-0.1, -0.05) is 17.7 Å². The van der Waals surface area contributed by atoms with Crippen molar-refractivity contribution in [3.8, 4) is 11.8 Å². The number of halogens is 1. The van der Waals surface area contributed by atoms with E-state index >= 15 is 0 Å². The molecular weight excluding hydrogens is 358 g/mol. The summed E-state index contributed by atoms with van der Waals surface area (Å²) >= 11 is 6.01. The van der Waals surface area contributed by atoms with Gasteiger partial charge in [-0.3, -0.25) is 14.9 Å². The number of hydrogen-bond donors (Lipinski definition) is 1. The van der Waals surface area contributed by atoms with Crippen molar-refractivity contribution in [1.82, 2.24) is 0 Å². The second kappa shape index (κ2) is 8.65. The van der Waals surface area contributed by atoms with Crippen LogP contribution in [0.25, 0.3) is 6.08 Å². The number of amides is 1. The van der Waals surface area contributed by atoms with E-state index in [0.717, 1.165) is 0 Å². The Labute approximate surface area is 154 Å². The Balaban J connectivity index is 2.26. The normalized spacial score (nSPS) is 10.7. The van der Waals surface area contributed by atoms with Crippen molar-refractivity contribution in [3.63, 3.8) is 0 Å². The van der Waals surface area contributed by atoms with E-state index in [4.69, 9.17) is 16.3 Å². The average Bonchev–Trinajstić information content (AvgIpc) is 2.59. The van der Waals surface area contributed by atoms with E-state index in [2.05, 4.69) is 5.32 Å². The van der Waals surface area contributed by atoms with Crippen LogP contribution < -0.4 is 10.1 Å². The first-order valence-electron chi connectivity index (χ1n) is 7.54. The van der Waals surface area contributed by atoms with Crippen LogP contribution in [0, 0.1) is 21.4 Å². The lowest BCUT2D eigenvalue weighted by atomic mass is 10.1. The van der Waals surface area contributed by atoms with Gasteiger partial charge in [0.15, 0.2) is 0 Å². The molecule has 0 heterocycles. The summed E-state index contributed by atoms with van der Waals surface area (Å²) < 4.78 is 5.37. The maximum atomic E-state index is 12.3. The molecule has 0 aliphatic rings. The fourth-order valence-electron chi connectivity index (χ4n) is 2.13. The van der Waals surface area contributed by atoms with Crippen molar-refractivity contribution in [3.05, 3.63) is 68.7 Å². The predicted octanol–water partition coefficient (Wildman–Crippen LogP) is 4.19. The monoisotopic (exact) mass is 371 g/mol. The summed E-state index contributed by atoms with van der Waals surface area (Å²) in [6.45, 7) is 2.27. The summed E-state index contributed by atoms with van der Waals surface area (Å²) in [4.78, 5) is 22.5. The standard InChI is InChI=1S/C18H14ClN3O4/c1-2-26-17-8-12(7-14(19)9-17)6-13(11-20)18(23)21-15-4-3-5-16(10-15)22(24)25/h3-10H,2H2,1H3,(H,21,23)/b13-6+. The molecule has 2 aromatic rings. The van der Waals surface area contributed by atoms with Gasteiger partial charge in [0.25, 0.3) is 11.6 Å². The maximum Gasteiger partial charge on any atom is 0.271 e. The molecule has 0 fully saturated rings. The number of carbonyl (C=O) groups excluding carboxylic acids is 1. The summed E-state index contributed by atoms with van der Waals surface area (Å²) in [7, 11) is 0. The summed E-state index contributed by atoms with van der Waals surface area (Å²) in [6, 6.07) is 12.1. The zero-order valence-electron chi connectivity index (χ0n) is 13.7. The Morgan fingerprint density at radius 2 is 2.15 bits per heavy atom. The van der Waals surface area contributed by atoms with Gasteiger partial charge in [0.2, 0.25) is 0 Å². The van der Waals surface area contributed by atoms with E-state index in [0.29, 0.717) is 22.9 Å². The van der Waals surface area contributed by atoms with E-state index in [1.54, 1.807) is 18.2 Å². The Morgan fingerprint density at radius 1 is 1.38 bits per heavy atom. The Hall–Kier alpha value is -3.37. The minimum atomic E-state index is -0.689. The average molecular weight is 372 g/mol. The van der Waals surface area contributed by atoms with Crippen LogP contribution in [0.2, 0.25) is 5.02 Å². The SMILES string of the molecule is CCOc1cc(Cl)cc(/C=C(\C#N)C(=O)Nc2cccc([N+](=O)[O-])c2)c1. The van der Waals surface area contributed by atoms with E-state index < -0.39 is 10.8 Å². The highest BCUT2D eigenvalue weighted by atomic mass is 35.5. The summed E-state index contributed by atoms with van der Waals surface area (Å²) in [5.74, 6) is -0.173. The molecule has 0 saturated carbocycles. The van der Waals surface area contributed by atoms with Crippen molar-refractivity contribution >= 4 is 35.0 Å². The number of rotatable bonds is 6. The highest BCUT2D eigenvalue weighted by molar-refractivity contribution is 6.30. The van der Waals surface area contributed by atoms with Gasteiger partial charge in [0, 0.05) is 22.8 Å². The molecule has 0 spiro atoms. The van der Waals surface area contributed by atoms with Gasteiger partial charge in [0.05, 0.1) is 11.5 Å². The molecule has 0 saturated heterocycles. The zero-order valence-corrected chi connectivity index (χ0v) is 14.5. The van der Waals surface area contributed by atoms with Gasteiger partial charge >= 0.3 is 0 Å². The molecule has 1 amide bonds. The van der Waals surface area contributed by atoms with Gasteiger partial charge in [-0.05, 0) is 42.8 Å². The first-order valence-corrected chi connectivity index (χ1v) is 7.91. The first kappa shape index (κ1) is 19.0. The van der Waals surface area contributed by atoms with E-state index in [-0.39, 0.29) is 16.9 Å². The molecule has 8 heteroatoms. The van der Waals surface area contributed by atoms with Crippen LogP contribution in [0.15, 0.2) is 48.0 Å². The van der Waals surface area contributed by atoms with E-state index in [1.165, 1.54) is 30.3 Å². The van der Waals surface area contributed by atoms with Crippen LogP contribution in [0.1, 0.15) is 12.5 Å². The molecule has 0 atom stereocenters. The smallest absolute Gasteiger partial charge is 0.271 e. The number of nitrogens with one attached hydrogen (secondary N) is 1. The molecule has 2 rings (SSSR count). The van der Waals surface area contributed by atoms with Crippen molar-refractivity contribution in [2.75, 3.05) is 11.9 Å². The van der Waals surface area contributed by atoms with Crippen LogP contribution in [0.3, 0.4) is 0 Å². The Bertz CT molecular complexity index is 919. The second-order valence-corrected chi connectivity index (χ2v) is 5.52. The minimum Gasteiger partial charge on any atom is -0.494 e. The molecular formula is C18H14ClN3O4. The number of nitriles is 1. The second-order valence-electron chi connectivity index (χ2n) is 5.08. The number of nitrogens with zero attached hydrogens (tertiary/aromatic N) is 2. The minimum absolute atomic E-state index is 0.165. The summed E-state index contributed by atoms with van der Waals surface area (Å²) in [5.41, 5.74) is 0.390. The predicted molar refractivity (Wildman–Crippen MR) is 97.9 cm³/mol. The highest BCUT2D eigenvalue weighted by Crippen LogP contribution is 2.23. The summed E-state index contributed by atoms with van der Waals surface area (Å²) in [5, 5.41) is 22.9. The third kappa shape index (κ3) is 5.06. The van der Waals surface area contributed by atoms with Gasteiger partial charge < -0.3 is 10.1 Å². The summed E-state index contributed by atoms with van der Waals surface area (Å²) in [6.07, 6.45) is 1.36. The molecule has 0 aliphatic heterocycles. The van der Waals surface area contributed by atoms with Crippen molar-refractivity contribution in [1.29, 1.82) is 5.26 Å². The van der Waals surface area contributed by atoms with Crippen molar-refractivity contribution in [2.24, 2.45) is 0 Å². The molecule has 0 bridgehead atoms. The van der Waals surface area contributed by atoms with Crippen LogP contribution in [0.5, 0.6) is 5.75 Å². The number of carbonyl (C=O) groups is 1. The molecule has 7 nitrogen and oxygen atoms in total. The third-order valence-electron chi connectivity index (χ3n) is 3.20. The Morgan fingerprint density at radius 3 is 2.81 bits per heavy atom. The fourth-order valence-corrected chi connectivity index (χ4v) is 2.36. The quantitative estimate of drug-likeness (QED) is 0.354. The molecule has 0 unspecified atom stereocenters. The van der Waals surface area contributed by atoms with Crippen LogP contribution in [-0.2, 0) is 4.79 Å². The first-order chi connectivity index (χ1) is 12.4. The molecule has 26 heavy (non-hydrogen) atoms. The molecule has 1 N–H and O–H groups in total. The van der Waals surface area contributed by atoms with Crippen molar-refractivity contribution < 1.29 is 14.5 Å². The lowest BCUT2D eigenvalue weighted by molar-refractivity contribution is -0.384. The largest absolute Gasteiger partial charge is 0.494 e. The van der Waals surface area contributed by atoms with E-state index in [9.17, 15) is 20.2 Å². The van der Waals surface area contributed by atoms with Crippen molar-refractivity contribution in [2.45, 2.75) is 6.92 Å². The third-order valence-corrected chi connectivity index (χ3v) is 3.41. The molecule has 2 aromatic carbocycles. The van der Waals surface area contributed by atoms with Crippen LogP contribution >= 0.6 is 11.6 Å². The number of ether oxygens (including phenoxy) is 1. The lowest BCUT2D eigenvalue weighted by Crippen LogP contribution is -2.13. The van der Waals surface area contributed by atoms with Gasteiger partial charge in [-0.2, -0.15) is 5.26 Å². The number of benzene rings is 2. The number of nitro benzene ring substituents is 1. The molecule has 0 radical (unpaired) electrons. The van der Waals surface area contributed by atoms with Crippen LogP contribution in [-0.4, -0.2) is 17.4 Å². The van der Waals surface area contributed by atoms with E-state index in [1.807, 2.05) is 13.0 Å². The van der Waals surface area contributed by atoms with Gasteiger partial charge in [-0.25, -0.2) is 0 Å². The molecule has 132 valence electrons. The Kier molecular flexibility index (Phi) is 6.31. The number of hydrogen-bond acceptors (Lipinski definition) is 5.